The van der Waals surface area contributed by atoms with E-state index in [1.807, 2.05) is 6.07 Å². The molecule has 0 aliphatic carbocycles. The fourth-order valence-corrected chi connectivity index (χ4v) is 2.63. The van der Waals surface area contributed by atoms with Crippen LogP contribution in [0.2, 0.25) is 0 Å². The van der Waals surface area contributed by atoms with Crippen LogP contribution >= 0.6 is 0 Å². The first-order chi connectivity index (χ1) is 14.2. The molecule has 1 unspecified atom stereocenters. The quantitative estimate of drug-likeness (QED) is 0.349. The molecular weight excluding hydrogens is 561 g/mol. The Labute approximate surface area is 185 Å². The van der Waals surface area contributed by atoms with E-state index in [1.54, 1.807) is 36.4 Å². The summed E-state index contributed by atoms with van der Waals surface area (Å²) in [6.07, 6.45) is 5.64. The van der Waals surface area contributed by atoms with Crippen LogP contribution < -0.4 is 0 Å². The van der Waals surface area contributed by atoms with Gasteiger partial charge in [-0.25, -0.2) is 15.0 Å². The summed E-state index contributed by atoms with van der Waals surface area (Å²) < 4.78 is 2.71. The minimum atomic E-state index is -0.739. The van der Waals surface area contributed by atoms with Gasteiger partial charge in [0.25, 0.3) is 0 Å². The molecule has 4 rings (SSSR count). The average Bonchev–Trinajstić information content (AvgIpc) is 3.44. The molecule has 0 N–H and O–H groups in total. The van der Waals surface area contributed by atoms with Crippen molar-refractivity contribution < 1.29 is 21.1 Å². The van der Waals surface area contributed by atoms with E-state index in [0.717, 1.165) is 0 Å². The summed E-state index contributed by atoms with van der Waals surface area (Å²) in [5.74, 6) is 0.336. The second-order valence-corrected chi connectivity index (χ2v) is 5.74. The Bertz CT molecular complexity index is 1220. The summed E-state index contributed by atoms with van der Waals surface area (Å²) in [7, 11) is 0. The molecular formula is C20H9N9Pt. The number of nitrogens with zero attached hydrogens (tertiary/aromatic N) is 9. The molecule has 0 bridgehead atoms. The van der Waals surface area contributed by atoms with E-state index < -0.39 is 5.92 Å². The smallest absolute Gasteiger partial charge is 0.342 e. The molecule has 0 aromatic carbocycles. The predicted octanol–water partition coefficient (Wildman–Crippen LogP) is 2.52. The molecule has 9 nitrogen and oxygen atoms in total. The van der Waals surface area contributed by atoms with Crippen LogP contribution in [0.4, 0.5) is 5.82 Å². The van der Waals surface area contributed by atoms with Crippen LogP contribution in [0.25, 0.3) is 16.5 Å². The Kier molecular flexibility index (Phi) is 6.13. The van der Waals surface area contributed by atoms with Crippen LogP contribution in [0.5, 0.6) is 0 Å². The third-order valence-electron chi connectivity index (χ3n) is 3.95. The van der Waals surface area contributed by atoms with E-state index in [2.05, 4.69) is 43.5 Å². The van der Waals surface area contributed by atoms with Gasteiger partial charge < -0.3 is 9.53 Å². The second kappa shape index (κ2) is 8.92. The van der Waals surface area contributed by atoms with Crippen LogP contribution in [-0.4, -0.2) is 29.5 Å². The predicted molar refractivity (Wildman–Crippen MR) is 98.8 cm³/mol. The molecule has 1 atom stereocenters. The molecule has 0 radical (unpaired) electrons. The van der Waals surface area contributed by atoms with E-state index in [0.29, 0.717) is 23.0 Å². The molecule has 0 saturated carbocycles. The van der Waals surface area contributed by atoms with Gasteiger partial charge in [0.15, 0.2) is 0 Å². The van der Waals surface area contributed by atoms with Crippen molar-refractivity contribution in [2.45, 2.75) is 5.92 Å². The van der Waals surface area contributed by atoms with Crippen LogP contribution in [-0.2, 0) is 21.1 Å². The standard InChI is InChI=1S/C20H9N9.Pt/c1-23-18-9-11-29(27-18)20-7-3-5-17(25-20)15(13-22)16-4-2-6-19(24-16)28-10-8-14(12-21)26-28;/h2-9,15H;/q-2;+2. The van der Waals surface area contributed by atoms with Gasteiger partial charge in [-0.1, -0.05) is 37.0 Å². The summed E-state index contributed by atoms with van der Waals surface area (Å²) in [4.78, 5) is 12.2. The summed E-state index contributed by atoms with van der Waals surface area (Å²) in [6.45, 7) is 7.01. The molecule has 144 valence electrons. The summed E-state index contributed by atoms with van der Waals surface area (Å²) >= 11 is 0. The minimum Gasteiger partial charge on any atom is -0.342 e. The monoisotopic (exact) mass is 570 g/mol. The van der Waals surface area contributed by atoms with E-state index in [9.17, 15) is 5.26 Å². The Morgan fingerprint density at radius 3 is 2.03 bits per heavy atom. The Morgan fingerprint density at radius 1 is 0.933 bits per heavy atom. The van der Waals surface area contributed by atoms with Gasteiger partial charge in [0.05, 0.1) is 40.9 Å². The van der Waals surface area contributed by atoms with Gasteiger partial charge in [0.1, 0.15) is 5.92 Å². The molecule has 4 aromatic heterocycles. The number of hydrogen-bond donors (Lipinski definition) is 0. The number of aromatic nitrogens is 6. The minimum absolute atomic E-state index is 0. The zero-order chi connectivity index (χ0) is 20.2. The van der Waals surface area contributed by atoms with Crippen LogP contribution in [0.1, 0.15) is 23.0 Å². The molecule has 4 aromatic rings. The van der Waals surface area contributed by atoms with E-state index in [4.69, 9.17) is 11.8 Å². The summed E-state index contributed by atoms with van der Waals surface area (Å²) in [6, 6.07) is 17.4. The van der Waals surface area contributed by atoms with Crippen molar-refractivity contribution in [2.24, 2.45) is 0 Å². The zero-order valence-corrected chi connectivity index (χ0v) is 17.3. The topological polar surface area (TPSA) is 113 Å². The maximum absolute atomic E-state index is 9.77. The first-order valence-electron chi connectivity index (χ1n) is 8.29. The van der Waals surface area contributed by atoms with Crippen LogP contribution in [0, 0.1) is 41.6 Å². The van der Waals surface area contributed by atoms with E-state index >= 15 is 0 Å². The largest absolute Gasteiger partial charge is 2.00 e. The summed E-state index contributed by atoms with van der Waals surface area (Å²) in [5.41, 5.74) is 1.17. The third-order valence-corrected chi connectivity index (χ3v) is 3.95. The van der Waals surface area contributed by atoms with E-state index in [-0.39, 0.29) is 32.6 Å². The molecule has 30 heavy (non-hydrogen) atoms. The van der Waals surface area contributed by atoms with E-state index in [1.165, 1.54) is 21.5 Å². The molecule has 0 amide bonds. The van der Waals surface area contributed by atoms with Crippen molar-refractivity contribution in [3.63, 3.8) is 0 Å². The Hall–Kier alpha value is -4.12. The average molecular weight is 570 g/mol. The van der Waals surface area contributed by atoms with Gasteiger partial charge in [-0.05, 0) is 29.5 Å². The number of nitriles is 2. The normalized spacial score (nSPS) is 10.8. The van der Waals surface area contributed by atoms with Crippen molar-refractivity contribution in [2.75, 3.05) is 0 Å². The second-order valence-electron chi connectivity index (χ2n) is 5.74. The summed E-state index contributed by atoms with van der Waals surface area (Å²) in [5, 5.41) is 26.8. The first-order valence-corrected chi connectivity index (χ1v) is 8.29. The van der Waals surface area contributed by atoms with Crippen LogP contribution in [0.15, 0.2) is 48.5 Å². The molecule has 0 fully saturated rings. The fourth-order valence-electron chi connectivity index (χ4n) is 2.63. The molecule has 0 spiro atoms. The van der Waals surface area contributed by atoms with Crippen LogP contribution in [0.3, 0.4) is 0 Å². The van der Waals surface area contributed by atoms with Crippen molar-refractivity contribution in [3.8, 4) is 23.8 Å². The van der Waals surface area contributed by atoms with Gasteiger partial charge in [0, 0.05) is 0 Å². The SMILES string of the molecule is [C-]#[N+]c1c[c-]n(-c2cccc(C(C#N)c3cccc(-n4[c-]cc(C#N)n4)n3)n2)n1.[Pt+2]. The van der Waals surface area contributed by atoms with Gasteiger partial charge in [-0.3, -0.25) is 9.97 Å². The molecule has 0 aliphatic heterocycles. The van der Waals surface area contributed by atoms with Crippen molar-refractivity contribution in [1.29, 1.82) is 10.5 Å². The van der Waals surface area contributed by atoms with Gasteiger partial charge in [-0.2, -0.15) is 5.26 Å². The fraction of sp³-hybridized carbons (Fsp3) is 0.0500. The van der Waals surface area contributed by atoms with Gasteiger partial charge >= 0.3 is 26.9 Å². The number of rotatable bonds is 4. The first kappa shape index (κ1) is 20.6. The maximum atomic E-state index is 9.77. The van der Waals surface area contributed by atoms with Gasteiger partial charge in [-0.15, -0.1) is 6.07 Å². The van der Waals surface area contributed by atoms with Crippen molar-refractivity contribution in [1.82, 2.24) is 29.5 Å². The Balaban J connectivity index is 0.00000256. The number of pyridine rings is 2. The zero-order valence-electron chi connectivity index (χ0n) is 15.0. The van der Waals surface area contributed by atoms with Gasteiger partial charge in [0.2, 0.25) is 0 Å². The number of hydrogen-bond acceptors (Lipinski definition) is 6. The molecule has 4 heterocycles. The molecule has 10 heteroatoms. The Morgan fingerprint density at radius 2 is 1.53 bits per heavy atom. The third kappa shape index (κ3) is 4.00. The molecule has 0 saturated heterocycles. The van der Waals surface area contributed by atoms with Crippen molar-refractivity contribution in [3.05, 3.63) is 89.4 Å². The molecule has 0 aliphatic rings. The van der Waals surface area contributed by atoms with Crippen molar-refractivity contribution >= 4 is 5.82 Å². The maximum Gasteiger partial charge on any atom is 2.00 e.